The van der Waals surface area contributed by atoms with E-state index < -0.39 is 36.0 Å². The number of ether oxygens (including phenoxy) is 2. The van der Waals surface area contributed by atoms with Crippen LogP contribution in [0.3, 0.4) is 0 Å². The van der Waals surface area contributed by atoms with E-state index in [4.69, 9.17) is 9.47 Å². The number of hydrogen-bond donors (Lipinski definition) is 0. The minimum Gasteiger partial charge on any atom is -0.454 e. The van der Waals surface area contributed by atoms with Gasteiger partial charge < -0.3 is 9.47 Å². The van der Waals surface area contributed by atoms with Crippen LogP contribution < -0.4 is 0 Å². The van der Waals surface area contributed by atoms with Gasteiger partial charge in [0.1, 0.15) is 5.82 Å². The van der Waals surface area contributed by atoms with Crippen LogP contribution in [0, 0.1) is 5.82 Å². The molecule has 0 radical (unpaired) electrons. The summed E-state index contributed by atoms with van der Waals surface area (Å²) in [7, 11) is 1.52. The molecule has 2 aromatic rings. The van der Waals surface area contributed by atoms with Crippen molar-refractivity contribution < 1.29 is 33.0 Å². The number of ketones is 1. The van der Waals surface area contributed by atoms with Crippen LogP contribution in [0.5, 0.6) is 0 Å². The number of rotatable bonds is 8. The highest BCUT2D eigenvalue weighted by molar-refractivity contribution is 6.22. The minimum atomic E-state index is -0.851. The van der Waals surface area contributed by atoms with Gasteiger partial charge in [-0.1, -0.05) is 12.1 Å². The van der Waals surface area contributed by atoms with E-state index in [2.05, 4.69) is 0 Å². The first-order chi connectivity index (χ1) is 13.9. The topological polar surface area (TPSA) is 90.0 Å². The zero-order valence-electron chi connectivity index (χ0n) is 15.6. The zero-order valence-corrected chi connectivity index (χ0v) is 15.6. The summed E-state index contributed by atoms with van der Waals surface area (Å²) < 4.78 is 23.5. The molecule has 0 unspecified atom stereocenters. The number of esters is 1. The van der Waals surface area contributed by atoms with Gasteiger partial charge in [-0.2, -0.15) is 0 Å². The fourth-order valence-electron chi connectivity index (χ4n) is 2.97. The van der Waals surface area contributed by atoms with Crippen LogP contribution in [-0.2, 0) is 9.47 Å². The van der Waals surface area contributed by atoms with Gasteiger partial charge in [0.25, 0.3) is 11.8 Å². The Morgan fingerprint density at radius 1 is 1.03 bits per heavy atom. The molecular formula is C21H18FNO6. The summed E-state index contributed by atoms with van der Waals surface area (Å²) in [4.78, 5) is 50.2. The molecule has 0 fully saturated rings. The van der Waals surface area contributed by atoms with Gasteiger partial charge in [-0.15, -0.1) is 0 Å². The second-order valence-electron chi connectivity index (χ2n) is 6.35. The molecule has 0 aliphatic carbocycles. The lowest BCUT2D eigenvalue weighted by Gasteiger charge is -2.12. The Hall–Kier alpha value is -3.39. The van der Waals surface area contributed by atoms with E-state index in [1.165, 1.54) is 43.5 Å². The number of Topliss-reactive ketones (excluding diaryl/α,β-unsaturated/α-hetero) is 1. The number of nitrogens with zero attached hydrogens (tertiary/aromatic N) is 1. The first-order valence-corrected chi connectivity index (χ1v) is 8.88. The third kappa shape index (κ3) is 4.22. The molecule has 0 saturated carbocycles. The van der Waals surface area contributed by atoms with E-state index in [1.54, 1.807) is 0 Å². The Balaban J connectivity index is 1.68. The van der Waals surface area contributed by atoms with Crippen molar-refractivity contribution >= 4 is 23.6 Å². The maximum absolute atomic E-state index is 13.6. The fraction of sp³-hybridized carbons (Fsp3) is 0.238. The van der Waals surface area contributed by atoms with Gasteiger partial charge in [-0.05, 0) is 36.8 Å². The van der Waals surface area contributed by atoms with Crippen molar-refractivity contribution in [1.82, 2.24) is 4.90 Å². The molecule has 2 aromatic carbocycles. The van der Waals surface area contributed by atoms with Gasteiger partial charge in [0.05, 0.1) is 22.3 Å². The van der Waals surface area contributed by atoms with E-state index in [1.807, 2.05) is 0 Å². The molecule has 0 atom stereocenters. The Morgan fingerprint density at radius 3 is 2.48 bits per heavy atom. The number of halogens is 1. The van der Waals surface area contributed by atoms with Crippen molar-refractivity contribution in [3.05, 3.63) is 70.5 Å². The minimum absolute atomic E-state index is 0.0185. The van der Waals surface area contributed by atoms with Crippen LogP contribution in [0.2, 0.25) is 0 Å². The normalized spacial score (nSPS) is 12.8. The molecular weight excluding hydrogens is 381 g/mol. The smallest absolute Gasteiger partial charge is 0.338 e. The van der Waals surface area contributed by atoms with E-state index >= 15 is 0 Å². The van der Waals surface area contributed by atoms with Crippen LogP contribution in [0.1, 0.15) is 47.9 Å². The second-order valence-corrected chi connectivity index (χ2v) is 6.35. The number of imide groups is 1. The molecule has 7 nitrogen and oxygen atoms in total. The Bertz CT molecular complexity index is 987. The summed E-state index contributed by atoms with van der Waals surface area (Å²) in [6.07, 6.45) is 0.495. The van der Waals surface area contributed by atoms with Crippen molar-refractivity contribution in [2.75, 3.05) is 26.9 Å². The van der Waals surface area contributed by atoms with Crippen LogP contribution in [0.4, 0.5) is 4.39 Å². The Labute approximate surface area is 166 Å². The van der Waals surface area contributed by atoms with Gasteiger partial charge in [0.15, 0.2) is 6.61 Å². The monoisotopic (exact) mass is 399 g/mol. The molecule has 29 heavy (non-hydrogen) atoms. The first kappa shape index (κ1) is 20.3. The Morgan fingerprint density at radius 2 is 1.76 bits per heavy atom. The maximum Gasteiger partial charge on any atom is 0.338 e. The zero-order chi connectivity index (χ0) is 21.0. The van der Waals surface area contributed by atoms with Crippen molar-refractivity contribution in [3.63, 3.8) is 0 Å². The maximum atomic E-state index is 13.6. The lowest BCUT2D eigenvalue weighted by Crippen LogP contribution is -2.31. The van der Waals surface area contributed by atoms with Crippen molar-refractivity contribution in [1.29, 1.82) is 0 Å². The number of carbonyl (C=O) groups excluding carboxylic acids is 4. The van der Waals surface area contributed by atoms with Crippen LogP contribution in [-0.4, -0.2) is 55.3 Å². The van der Waals surface area contributed by atoms with Crippen LogP contribution in [0.15, 0.2) is 42.5 Å². The molecule has 2 amide bonds. The Kier molecular flexibility index (Phi) is 6.13. The van der Waals surface area contributed by atoms with E-state index in [-0.39, 0.29) is 28.8 Å². The highest BCUT2D eigenvalue weighted by Crippen LogP contribution is 2.24. The highest BCUT2D eigenvalue weighted by Gasteiger charge is 2.35. The molecule has 1 aliphatic rings. The first-order valence-electron chi connectivity index (χ1n) is 8.88. The molecule has 1 heterocycles. The van der Waals surface area contributed by atoms with E-state index in [0.29, 0.717) is 13.0 Å². The molecule has 150 valence electrons. The third-order valence-corrected chi connectivity index (χ3v) is 4.45. The predicted molar refractivity (Wildman–Crippen MR) is 99.3 cm³/mol. The lowest BCUT2D eigenvalue weighted by atomic mass is 10.1. The van der Waals surface area contributed by atoms with E-state index in [9.17, 15) is 23.6 Å². The third-order valence-electron chi connectivity index (χ3n) is 4.45. The van der Waals surface area contributed by atoms with Crippen molar-refractivity contribution in [2.24, 2.45) is 0 Å². The molecule has 0 bridgehead atoms. The molecule has 8 heteroatoms. The average molecular weight is 399 g/mol. The van der Waals surface area contributed by atoms with E-state index in [0.717, 1.165) is 11.0 Å². The summed E-state index contributed by atoms with van der Waals surface area (Å²) in [6.45, 7) is -0.0367. The molecule has 0 aromatic heterocycles. The average Bonchev–Trinajstić information content (AvgIpc) is 2.96. The molecule has 0 N–H and O–H groups in total. The van der Waals surface area contributed by atoms with Gasteiger partial charge in [-0.3, -0.25) is 19.3 Å². The summed E-state index contributed by atoms with van der Waals surface area (Å²) >= 11 is 0. The fourth-order valence-corrected chi connectivity index (χ4v) is 2.97. The summed E-state index contributed by atoms with van der Waals surface area (Å²) in [6, 6.07) is 9.36. The number of carbonyl (C=O) groups is 4. The van der Waals surface area contributed by atoms with Crippen molar-refractivity contribution in [3.8, 4) is 0 Å². The van der Waals surface area contributed by atoms with Gasteiger partial charge >= 0.3 is 5.97 Å². The quantitative estimate of drug-likeness (QED) is 0.293. The number of benzene rings is 2. The van der Waals surface area contributed by atoms with Crippen LogP contribution >= 0.6 is 0 Å². The number of methoxy groups -OCH3 is 1. The number of fused-ring (bicyclic) bond motifs is 1. The largest absolute Gasteiger partial charge is 0.454 e. The van der Waals surface area contributed by atoms with Gasteiger partial charge in [-0.25, -0.2) is 9.18 Å². The number of hydrogen-bond acceptors (Lipinski definition) is 6. The molecule has 0 saturated heterocycles. The second kappa shape index (κ2) is 8.74. The molecule has 1 aliphatic heterocycles. The van der Waals surface area contributed by atoms with Crippen molar-refractivity contribution in [2.45, 2.75) is 6.42 Å². The van der Waals surface area contributed by atoms with Gasteiger partial charge in [0, 0.05) is 20.3 Å². The summed E-state index contributed by atoms with van der Waals surface area (Å²) in [5.74, 6) is -3.18. The van der Waals surface area contributed by atoms with Crippen LogP contribution in [0.25, 0.3) is 0 Å². The van der Waals surface area contributed by atoms with Gasteiger partial charge in [0.2, 0.25) is 5.78 Å². The SMILES string of the molecule is COCCCN1C(=O)c2ccc(C(=O)OCC(=O)c3ccccc3F)cc2C1=O. The number of amides is 2. The molecule has 0 spiro atoms. The molecule has 3 rings (SSSR count). The highest BCUT2D eigenvalue weighted by atomic mass is 19.1. The lowest BCUT2D eigenvalue weighted by molar-refractivity contribution is 0.0473. The predicted octanol–water partition coefficient (Wildman–Crippen LogP) is 2.50. The standard InChI is InChI=1S/C21H18FNO6/c1-28-10-4-9-23-19(25)14-8-7-13(11-16(14)20(23)26)21(27)29-12-18(24)15-5-2-3-6-17(15)22/h2-3,5-8,11H,4,9-10,12H2,1H3. The summed E-state index contributed by atoms with van der Waals surface area (Å²) in [5.41, 5.74) is 0.139. The summed E-state index contributed by atoms with van der Waals surface area (Å²) in [5, 5.41) is 0.